The first-order valence-corrected chi connectivity index (χ1v) is 14.2. The summed E-state index contributed by atoms with van der Waals surface area (Å²) in [4.78, 5) is 35.9. The van der Waals surface area contributed by atoms with E-state index in [1.165, 1.54) is 13.3 Å². The predicted molar refractivity (Wildman–Crippen MR) is 144 cm³/mol. The predicted octanol–water partition coefficient (Wildman–Crippen LogP) is 3.54. The molecule has 1 aliphatic rings. The maximum Gasteiger partial charge on any atom is 0.259 e. The Morgan fingerprint density at radius 2 is 1.87 bits per heavy atom. The molecule has 9 nitrogen and oxygen atoms in total. The lowest BCUT2D eigenvalue weighted by Crippen LogP contribution is -2.40. The minimum absolute atomic E-state index is 0.0215. The zero-order chi connectivity index (χ0) is 26.9. The van der Waals surface area contributed by atoms with Crippen molar-refractivity contribution in [3.8, 4) is 5.75 Å². The van der Waals surface area contributed by atoms with Crippen LogP contribution in [-0.2, 0) is 16.4 Å². The highest BCUT2D eigenvalue weighted by atomic mass is 32.2. The Kier molecular flexibility index (Phi) is 7.07. The number of nitrogens with one attached hydrogen (secondary N) is 1. The molecule has 38 heavy (non-hydrogen) atoms. The number of benzene rings is 2. The number of sulfone groups is 1. The van der Waals surface area contributed by atoms with E-state index in [0.29, 0.717) is 54.0 Å². The number of hydrogen-bond donors (Lipinski definition) is 1. The van der Waals surface area contributed by atoms with Gasteiger partial charge in [-0.05, 0) is 50.1 Å². The minimum Gasteiger partial charge on any atom is -0.497 e. The quantitative estimate of drug-likeness (QED) is 0.388. The monoisotopic (exact) mass is 534 g/mol. The number of methoxy groups -OCH3 is 1. The minimum atomic E-state index is -3.42. The Labute approximate surface area is 221 Å². The van der Waals surface area contributed by atoms with Crippen LogP contribution in [-0.4, -0.2) is 59.7 Å². The number of aromatic amines is 1. The molecular weight excluding hydrogens is 504 g/mol. The van der Waals surface area contributed by atoms with E-state index >= 15 is 0 Å². The summed E-state index contributed by atoms with van der Waals surface area (Å²) in [6.45, 7) is 3.19. The van der Waals surface area contributed by atoms with Gasteiger partial charge in [0.15, 0.2) is 9.84 Å². The largest absolute Gasteiger partial charge is 0.497 e. The van der Waals surface area contributed by atoms with Crippen LogP contribution < -0.4 is 10.2 Å². The van der Waals surface area contributed by atoms with E-state index < -0.39 is 9.84 Å². The summed E-state index contributed by atoms with van der Waals surface area (Å²) >= 11 is 0. The highest BCUT2D eigenvalue weighted by molar-refractivity contribution is 7.91. The normalized spacial score (nSPS) is 14.6. The first kappa shape index (κ1) is 25.7. The molecule has 0 bridgehead atoms. The molecular formula is C28H30N4O5S. The molecule has 2 aromatic carbocycles. The van der Waals surface area contributed by atoms with Gasteiger partial charge in [0.1, 0.15) is 17.1 Å². The zero-order valence-electron chi connectivity index (χ0n) is 21.4. The highest BCUT2D eigenvalue weighted by Gasteiger charge is 2.28. The van der Waals surface area contributed by atoms with Crippen LogP contribution in [0, 0.1) is 6.92 Å². The number of pyridine rings is 1. The third-order valence-corrected chi connectivity index (χ3v) is 8.90. The topological polar surface area (TPSA) is 114 Å². The van der Waals surface area contributed by atoms with Gasteiger partial charge >= 0.3 is 0 Å². The second-order valence-electron chi connectivity index (χ2n) is 9.62. The SMILES string of the molecule is COc1ccc2[nH]cc(C(=O)N3CCC(c4nccn4CCS(=O)(=O)c4ccc(C)cc4)CC3)c(=O)c2c1. The Morgan fingerprint density at radius 1 is 1.13 bits per heavy atom. The molecule has 0 aliphatic carbocycles. The van der Waals surface area contributed by atoms with E-state index in [4.69, 9.17) is 4.74 Å². The third kappa shape index (κ3) is 5.08. The first-order chi connectivity index (χ1) is 18.3. The smallest absolute Gasteiger partial charge is 0.259 e. The fourth-order valence-corrected chi connectivity index (χ4v) is 6.17. The molecule has 0 radical (unpaired) electrons. The molecule has 3 heterocycles. The number of imidazole rings is 1. The van der Waals surface area contributed by atoms with Gasteiger partial charge in [-0.3, -0.25) is 9.59 Å². The van der Waals surface area contributed by atoms with Crippen LogP contribution in [0.4, 0.5) is 0 Å². The molecule has 1 amide bonds. The maximum absolute atomic E-state index is 13.2. The van der Waals surface area contributed by atoms with Crippen LogP contribution >= 0.6 is 0 Å². The third-order valence-electron chi connectivity index (χ3n) is 7.19. The number of likely N-dealkylation sites (tertiary alicyclic amines) is 1. The lowest BCUT2D eigenvalue weighted by molar-refractivity contribution is 0.0709. The van der Waals surface area contributed by atoms with Gasteiger partial charge in [-0.25, -0.2) is 13.4 Å². The first-order valence-electron chi connectivity index (χ1n) is 12.6. The number of amides is 1. The number of rotatable bonds is 7. The number of ether oxygens (including phenoxy) is 1. The molecule has 0 spiro atoms. The number of carbonyl (C=O) groups excluding carboxylic acids is 1. The van der Waals surface area contributed by atoms with Gasteiger partial charge < -0.3 is 19.2 Å². The lowest BCUT2D eigenvalue weighted by Gasteiger charge is -2.32. The molecule has 10 heteroatoms. The molecule has 0 atom stereocenters. The van der Waals surface area contributed by atoms with Crippen LogP contribution in [0.2, 0.25) is 0 Å². The van der Waals surface area contributed by atoms with Crippen molar-refractivity contribution in [2.24, 2.45) is 0 Å². The summed E-state index contributed by atoms with van der Waals surface area (Å²) in [7, 11) is -1.89. The number of piperidine rings is 1. The molecule has 5 rings (SSSR count). The van der Waals surface area contributed by atoms with E-state index in [-0.39, 0.29) is 28.6 Å². The van der Waals surface area contributed by atoms with E-state index in [1.807, 2.05) is 11.5 Å². The van der Waals surface area contributed by atoms with Crippen molar-refractivity contribution in [3.05, 3.63) is 88.2 Å². The zero-order valence-corrected chi connectivity index (χ0v) is 22.2. The van der Waals surface area contributed by atoms with Gasteiger partial charge in [-0.15, -0.1) is 0 Å². The molecule has 4 aromatic rings. The number of aryl methyl sites for hydroxylation is 2. The standard InChI is InChI=1S/C28H30N4O5S/c1-19-3-6-22(7-4-19)38(35,36)16-15-31-14-11-29-27(31)20-9-12-32(13-10-20)28(34)24-18-30-25-8-5-21(37-2)17-23(25)26(24)33/h3-8,11,14,17-18,20H,9-10,12-13,15-16H2,1-2H3,(H,30,33). The molecule has 0 saturated carbocycles. The van der Waals surface area contributed by atoms with Crippen molar-refractivity contribution >= 4 is 26.6 Å². The molecule has 1 N–H and O–H groups in total. The molecule has 1 saturated heterocycles. The number of aromatic nitrogens is 3. The molecule has 0 unspecified atom stereocenters. The van der Waals surface area contributed by atoms with Crippen molar-refractivity contribution in [3.63, 3.8) is 0 Å². The van der Waals surface area contributed by atoms with Gasteiger partial charge in [0.05, 0.1) is 17.8 Å². The Balaban J connectivity index is 1.25. The second-order valence-corrected chi connectivity index (χ2v) is 11.7. The fraction of sp³-hybridized carbons (Fsp3) is 0.321. The van der Waals surface area contributed by atoms with E-state index in [0.717, 1.165) is 11.4 Å². The average Bonchev–Trinajstić information content (AvgIpc) is 3.41. The Hall–Kier alpha value is -3.92. The molecule has 2 aromatic heterocycles. The number of nitrogens with zero attached hydrogens (tertiary/aromatic N) is 3. The van der Waals surface area contributed by atoms with E-state index in [2.05, 4.69) is 9.97 Å². The highest BCUT2D eigenvalue weighted by Crippen LogP contribution is 2.28. The van der Waals surface area contributed by atoms with Gasteiger partial charge in [-0.2, -0.15) is 0 Å². The van der Waals surface area contributed by atoms with Crippen LogP contribution in [0.5, 0.6) is 5.75 Å². The van der Waals surface area contributed by atoms with Crippen LogP contribution in [0.1, 0.15) is 40.5 Å². The van der Waals surface area contributed by atoms with Gasteiger partial charge in [0.25, 0.3) is 5.91 Å². The van der Waals surface area contributed by atoms with E-state index in [9.17, 15) is 18.0 Å². The second kappa shape index (κ2) is 10.4. The molecule has 1 fully saturated rings. The summed E-state index contributed by atoms with van der Waals surface area (Å²) in [6.07, 6.45) is 6.32. The summed E-state index contributed by atoms with van der Waals surface area (Å²) in [5, 5.41) is 0.410. The van der Waals surface area contributed by atoms with Crippen molar-refractivity contribution in [1.82, 2.24) is 19.4 Å². The van der Waals surface area contributed by atoms with Crippen molar-refractivity contribution in [1.29, 1.82) is 0 Å². The van der Waals surface area contributed by atoms with Crippen LogP contribution in [0.25, 0.3) is 10.9 Å². The number of fused-ring (bicyclic) bond motifs is 1. The lowest BCUT2D eigenvalue weighted by atomic mass is 9.95. The van der Waals surface area contributed by atoms with Crippen LogP contribution in [0.15, 0.2) is 70.7 Å². The Morgan fingerprint density at radius 3 is 2.58 bits per heavy atom. The summed E-state index contributed by atoms with van der Waals surface area (Å²) in [5.41, 5.74) is 1.43. The van der Waals surface area contributed by atoms with Crippen molar-refractivity contribution < 1.29 is 17.9 Å². The van der Waals surface area contributed by atoms with Gasteiger partial charge in [0, 0.05) is 55.0 Å². The van der Waals surface area contributed by atoms with Crippen molar-refractivity contribution in [2.45, 2.75) is 37.1 Å². The Bertz CT molecular complexity index is 1630. The fourth-order valence-electron chi connectivity index (χ4n) is 4.95. The van der Waals surface area contributed by atoms with Crippen molar-refractivity contribution in [2.75, 3.05) is 26.0 Å². The number of carbonyl (C=O) groups is 1. The molecule has 198 valence electrons. The summed E-state index contributed by atoms with van der Waals surface area (Å²) in [5.74, 6) is 1.14. The van der Waals surface area contributed by atoms with Gasteiger partial charge in [0.2, 0.25) is 5.43 Å². The number of hydrogen-bond acceptors (Lipinski definition) is 6. The molecule has 1 aliphatic heterocycles. The summed E-state index contributed by atoms with van der Waals surface area (Å²) < 4.78 is 32.7. The average molecular weight is 535 g/mol. The van der Waals surface area contributed by atoms with Gasteiger partial charge in [-0.1, -0.05) is 17.7 Å². The van der Waals surface area contributed by atoms with Crippen LogP contribution in [0.3, 0.4) is 0 Å². The number of H-pyrrole nitrogens is 1. The summed E-state index contributed by atoms with van der Waals surface area (Å²) in [6, 6.07) is 12.0. The maximum atomic E-state index is 13.2. The van der Waals surface area contributed by atoms with E-state index in [1.54, 1.807) is 59.8 Å².